The van der Waals surface area contributed by atoms with Gasteiger partial charge in [-0.3, -0.25) is 14.3 Å². The Balaban J connectivity index is 1.31. The van der Waals surface area contributed by atoms with Crippen molar-refractivity contribution in [3.8, 4) is 11.1 Å². The minimum absolute atomic E-state index is 0.0263. The lowest BCUT2D eigenvalue weighted by molar-refractivity contribution is -0.140. The van der Waals surface area contributed by atoms with Gasteiger partial charge in [0, 0.05) is 16.6 Å². The van der Waals surface area contributed by atoms with E-state index in [1.165, 1.54) is 24.3 Å². The first-order chi connectivity index (χ1) is 21.8. The van der Waals surface area contributed by atoms with Crippen LogP contribution in [0.3, 0.4) is 0 Å². The van der Waals surface area contributed by atoms with Crippen LogP contribution >= 0.6 is 0 Å². The molecule has 0 aliphatic rings. The Morgan fingerprint density at radius 2 is 1.33 bits per heavy atom. The fourth-order valence-electron chi connectivity index (χ4n) is 4.88. The Labute approximate surface area is 266 Å². The van der Waals surface area contributed by atoms with Gasteiger partial charge in [0.15, 0.2) is 5.76 Å². The first-order valence-corrected chi connectivity index (χ1v) is 17.1. The molecule has 1 aromatic heterocycles. The van der Waals surface area contributed by atoms with E-state index in [0.29, 0.717) is 27.8 Å². The SMILES string of the molecule is Cc1c(C(=O)Nc2ccc(-c3ccc(S(=O)(=O)N[C@H](C(=O)O)C(C)C)cc3)cc2)oc2cccc(NS(=O)(=O)c3ccccc3)c12. The predicted octanol–water partition coefficient (Wildman–Crippen LogP) is 5.85. The van der Waals surface area contributed by atoms with Crippen molar-refractivity contribution in [2.75, 3.05) is 10.0 Å². The number of aryl methyl sites for hydroxylation is 1. The van der Waals surface area contributed by atoms with Gasteiger partial charge in [0.2, 0.25) is 10.0 Å². The molecular weight excluding hydrogens is 631 g/mol. The standard InChI is InChI=1S/C33H31N3O8S2/c1-20(2)30(33(38)39)36-46(42,43)26-18-14-23(15-19-26)22-12-16-24(17-13-22)34-32(37)31-21(3)29-27(10-7-11-28(29)44-31)35-45(40,41)25-8-5-4-6-9-25/h4-20,30,35-36H,1-3H3,(H,34,37)(H,38,39)/t30-/m0/s1. The summed E-state index contributed by atoms with van der Waals surface area (Å²) in [6.45, 7) is 4.91. The van der Waals surface area contributed by atoms with Crippen LogP contribution in [0.25, 0.3) is 22.1 Å². The van der Waals surface area contributed by atoms with Gasteiger partial charge < -0.3 is 14.8 Å². The second-order valence-electron chi connectivity index (χ2n) is 10.9. The average molecular weight is 662 g/mol. The highest BCUT2D eigenvalue weighted by atomic mass is 32.2. The lowest BCUT2D eigenvalue weighted by Crippen LogP contribution is -2.44. The first kappa shape index (κ1) is 32.4. The number of fused-ring (bicyclic) bond motifs is 1. The topological polar surface area (TPSA) is 172 Å². The van der Waals surface area contributed by atoms with E-state index < -0.39 is 43.9 Å². The van der Waals surface area contributed by atoms with Gasteiger partial charge in [-0.25, -0.2) is 16.8 Å². The number of rotatable bonds is 11. The molecular formula is C33H31N3O8S2. The summed E-state index contributed by atoms with van der Waals surface area (Å²) in [5, 5.41) is 12.6. The van der Waals surface area contributed by atoms with E-state index in [2.05, 4.69) is 14.8 Å². The third-order valence-corrected chi connectivity index (χ3v) is 10.2. The highest BCUT2D eigenvalue weighted by Crippen LogP contribution is 2.33. The Hall–Kier alpha value is -4.98. The quantitative estimate of drug-likeness (QED) is 0.137. The van der Waals surface area contributed by atoms with Crippen LogP contribution in [0.15, 0.2) is 111 Å². The highest BCUT2D eigenvalue weighted by molar-refractivity contribution is 7.92. The molecule has 4 aromatic carbocycles. The number of hydrogen-bond donors (Lipinski definition) is 4. The molecule has 0 unspecified atom stereocenters. The molecule has 0 bridgehead atoms. The number of aliphatic carboxylic acids is 1. The number of carbonyl (C=O) groups is 2. The van der Waals surface area contributed by atoms with Gasteiger partial charge in [0.25, 0.3) is 15.9 Å². The normalized spacial score (nSPS) is 12.6. The van der Waals surface area contributed by atoms with Gasteiger partial charge in [-0.15, -0.1) is 0 Å². The molecule has 13 heteroatoms. The van der Waals surface area contributed by atoms with Gasteiger partial charge in [0.05, 0.1) is 15.5 Å². The van der Waals surface area contributed by atoms with Crippen LogP contribution in [0.1, 0.15) is 30.0 Å². The van der Waals surface area contributed by atoms with Gasteiger partial charge in [-0.1, -0.05) is 62.4 Å². The fraction of sp³-hybridized carbons (Fsp3) is 0.152. The Morgan fingerprint density at radius 3 is 1.91 bits per heavy atom. The van der Waals surface area contributed by atoms with Crippen molar-refractivity contribution in [3.05, 3.63) is 108 Å². The fourth-order valence-corrected chi connectivity index (χ4v) is 7.31. The van der Waals surface area contributed by atoms with Crippen molar-refractivity contribution in [1.29, 1.82) is 0 Å². The first-order valence-electron chi connectivity index (χ1n) is 14.1. The number of carboxylic acids is 1. The van der Waals surface area contributed by atoms with Crippen molar-refractivity contribution < 1.29 is 35.9 Å². The molecule has 0 spiro atoms. The number of furan rings is 1. The van der Waals surface area contributed by atoms with Crippen LogP contribution in [-0.2, 0) is 24.8 Å². The molecule has 0 saturated heterocycles. The van der Waals surface area contributed by atoms with E-state index in [1.807, 2.05) is 0 Å². The lowest BCUT2D eigenvalue weighted by atomic mass is 10.1. The van der Waals surface area contributed by atoms with Crippen molar-refractivity contribution in [1.82, 2.24) is 4.72 Å². The molecule has 238 valence electrons. The van der Waals surface area contributed by atoms with Gasteiger partial charge in [-0.2, -0.15) is 4.72 Å². The van der Waals surface area contributed by atoms with E-state index in [4.69, 9.17) is 4.42 Å². The summed E-state index contributed by atoms with van der Waals surface area (Å²) >= 11 is 0. The van der Waals surface area contributed by atoms with E-state index in [-0.39, 0.29) is 21.2 Å². The second kappa shape index (κ2) is 12.8. The largest absolute Gasteiger partial charge is 0.480 e. The highest BCUT2D eigenvalue weighted by Gasteiger charge is 2.28. The summed E-state index contributed by atoms with van der Waals surface area (Å²) in [6.07, 6.45) is 0. The number of amides is 1. The zero-order valence-electron chi connectivity index (χ0n) is 25.0. The van der Waals surface area contributed by atoms with Crippen LogP contribution in [0.4, 0.5) is 11.4 Å². The van der Waals surface area contributed by atoms with Crippen molar-refractivity contribution >= 4 is 54.3 Å². The predicted molar refractivity (Wildman–Crippen MR) is 175 cm³/mol. The molecule has 1 amide bonds. The minimum Gasteiger partial charge on any atom is -0.480 e. The van der Waals surface area contributed by atoms with Crippen LogP contribution in [0, 0.1) is 12.8 Å². The van der Waals surface area contributed by atoms with Crippen molar-refractivity contribution in [2.45, 2.75) is 36.6 Å². The number of hydrogen-bond acceptors (Lipinski definition) is 7. The number of nitrogens with one attached hydrogen (secondary N) is 3. The average Bonchev–Trinajstić information content (AvgIpc) is 3.37. The smallest absolute Gasteiger partial charge is 0.322 e. The Bertz CT molecular complexity index is 2130. The van der Waals surface area contributed by atoms with Gasteiger partial charge in [0.1, 0.15) is 11.6 Å². The molecule has 1 atom stereocenters. The van der Waals surface area contributed by atoms with Crippen LogP contribution in [0.2, 0.25) is 0 Å². The van der Waals surface area contributed by atoms with Crippen molar-refractivity contribution in [3.63, 3.8) is 0 Å². The zero-order valence-corrected chi connectivity index (χ0v) is 26.6. The van der Waals surface area contributed by atoms with Gasteiger partial charge in [-0.05, 0) is 72.5 Å². The van der Waals surface area contributed by atoms with Crippen LogP contribution in [0.5, 0.6) is 0 Å². The summed E-state index contributed by atoms with van der Waals surface area (Å²) < 4.78 is 62.0. The molecule has 4 N–H and O–H groups in total. The minimum atomic E-state index is -4.05. The molecule has 0 fully saturated rings. The maximum Gasteiger partial charge on any atom is 0.322 e. The number of carbonyl (C=O) groups excluding carboxylic acids is 1. The van der Waals surface area contributed by atoms with E-state index in [1.54, 1.807) is 93.6 Å². The molecule has 5 aromatic rings. The number of anilines is 2. The summed E-state index contributed by atoms with van der Waals surface area (Å²) in [6, 6.07) is 24.4. The molecule has 0 aliphatic carbocycles. The molecule has 0 radical (unpaired) electrons. The molecule has 5 rings (SSSR count). The van der Waals surface area contributed by atoms with E-state index in [9.17, 15) is 31.5 Å². The number of sulfonamides is 2. The molecule has 0 saturated carbocycles. The molecule has 0 aliphatic heterocycles. The monoisotopic (exact) mass is 661 g/mol. The summed E-state index contributed by atoms with van der Waals surface area (Å²) in [5.41, 5.74) is 3.00. The summed E-state index contributed by atoms with van der Waals surface area (Å²) in [4.78, 5) is 24.7. The van der Waals surface area contributed by atoms with E-state index in [0.717, 1.165) is 5.56 Å². The Morgan fingerprint density at radius 1 is 0.739 bits per heavy atom. The van der Waals surface area contributed by atoms with Crippen LogP contribution < -0.4 is 14.8 Å². The second-order valence-corrected chi connectivity index (χ2v) is 14.3. The van der Waals surface area contributed by atoms with Gasteiger partial charge >= 0.3 is 5.97 Å². The molecule has 11 nitrogen and oxygen atoms in total. The third-order valence-electron chi connectivity index (χ3n) is 7.31. The zero-order chi connectivity index (χ0) is 33.2. The van der Waals surface area contributed by atoms with Crippen LogP contribution in [-0.4, -0.2) is 39.9 Å². The maximum absolute atomic E-state index is 13.2. The lowest BCUT2D eigenvalue weighted by Gasteiger charge is -2.18. The molecule has 46 heavy (non-hydrogen) atoms. The Kier molecular flexibility index (Phi) is 9.01. The number of benzene rings is 4. The molecule has 1 heterocycles. The summed E-state index contributed by atoms with van der Waals surface area (Å²) in [5.74, 6) is -2.20. The van der Waals surface area contributed by atoms with Crippen molar-refractivity contribution in [2.24, 2.45) is 5.92 Å². The third kappa shape index (κ3) is 6.81. The maximum atomic E-state index is 13.2. The number of carboxylic acid groups (broad SMARTS) is 1. The van der Waals surface area contributed by atoms with E-state index >= 15 is 0 Å². The summed E-state index contributed by atoms with van der Waals surface area (Å²) in [7, 11) is -7.93.